The average Bonchev–Trinajstić information content (AvgIpc) is 2.31. The number of hydrogen-bond acceptors (Lipinski definition) is 3. The van der Waals surface area contributed by atoms with E-state index in [0.717, 1.165) is 11.3 Å². The molecule has 1 N–H and O–H groups in total. The normalized spacial score (nSPS) is 11.1. The van der Waals surface area contributed by atoms with E-state index in [4.69, 9.17) is 14.6 Å². The van der Waals surface area contributed by atoms with Crippen LogP contribution in [0.1, 0.15) is 19.4 Å². The summed E-state index contributed by atoms with van der Waals surface area (Å²) in [7, 11) is 0. The summed E-state index contributed by atoms with van der Waals surface area (Å²) in [6, 6.07) is 7.15. The van der Waals surface area contributed by atoms with E-state index in [-0.39, 0.29) is 5.76 Å². The first-order valence-electron chi connectivity index (χ1n) is 5.48. The lowest BCUT2D eigenvalue weighted by atomic mass is 10.2. The van der Waals surface area contributed by atoms with E-state index < -0.39 is 5.97 Å². The number of aliphatic carboxylic acids is 1. The zero-order chi connectivity index (χ0) is 12.7. The van der Waals surface area contributed by atoms with Gasteiger partial charge in [-0.05, 0) is 37.6 Å². The lowest BCUT2D eigenvalue weighted by Gasteiger charge is -2.05. The van der Waals surface area contributed by atoms with Crippen LogP contribution < -0.4 is 4.74 Å². The number of rotatable bonds is 6. The van der Waals surface area contributed by atoms with Gasteiger partial charge in [0.05, 0.1) is 13.2 Å². The Morgan fingerprint density at radius 1 is 1.24 bits per heavy atom. The lowest BCUT2D eigenvalue weighted by Crippen LogP contribution is -2.04. The molecule has 0 aliphatic heterocycles. The van der Waals surface area contributed by atoms with Gasteiger partial charge < -0.3 is 14.6 Å². The van der Waals surface area contributed by atoms with Gasteiger partial charge >= 0.3 is 5.97 Å². The first kappa shape index (κ1) is 13.1. The van der Waals surface area contributed by atoms with Gasteiger partial charge in [0.25, 0.3) is 0 Å². The van der Waals surface area contributed by atoms with E-state index >= 15 is 0 Å². The highest BCUT2D eigenvalue weighted by atomic mass is 16.5. The van der Waals surface area contributed by atoms with Gasteiger partial charge in [0.2, 0.25) is 5.76 Å². The summed E-state index contributed by atoms with van der Waals surface area (Å²) in [6.07, 6.45) is 1.49. The minimum absolute atomic E-state index is 0.0586. The summed E-state index contributed by atoms with van der Waals surface area (Å²) in [6.45, 7) is 4.59. The summed E-state index contributed by atoms with van der Waals surface area (Å²) < 4.78 is 10.3. The van der Waals surface area contributed by atoms with Crippen molar-refractivity contribution < 1.29 is 19.4 Å². The minimum Gasteiger partial charge on any atom is -0.494 e. The van der Waals surface area contributed by atoms with Crippen LogP contribution >= 0.6 is 0 Å². The summed E-state index contributed by atoms with van der Waals surface area (Å²) in [5.74, 6) is -0.365. The molecular formula is C13H16O4. The van der Waals surface area contributed by atoms with Crippen LogP contribution in [0.4, 0.5) is 0 Å². The molecule has 0 saturated heterocycles. The lowest BCUT2D eigenvalue weighted by molar-refractivity contribution is -0.136. The van der Waals surface area contributed by atoms with Gasteiger partial charge in [-0.1, -0.05) is 12.1 Å². The smallest absolute Gasteiger partial charge is 0.371 e. The molecule has 92 valence electrons. The Morgan fingerprint density at radius 2 is 1.88 bits per heavy atom. The molecule has 0 aliphatic carbocycles. The molecule has 0 radical (unpaired) electrons. The van der Waals surface area contributed by atoms with Gasteiger partial charge in [0.1, 0.15) is 5.75 Å². The predicted molar refractivity (Wildman–Crippen MR) is 64.8 cm³/mol. The van der Waals surface area contributed by atoms with Crippen molar-refractivity contribution in [3.8, 4) is 5.75 Å². The molecule has 1 aromatic rings. The van der Waals surface area contributed by atoms with Gasteiger partial charge in [-0.3, -0.25) is 0 Å². The second kappa shape index (κ2) is 6.58. The second-order valence-corrected chi connectivity index (χ2v) is 3.25. The first-order chi connectivity index (χ1) is 8.17. The Balaban J connectivity index is 2.84. The van der Waals surface area contributed by atoms with E-state index in [9.17, 15) is 4.79 Å². The maximum atomic E-state index is 10.8. The minimum atomic E-state index is -1.07. The summed E-state index contributed by atoms with van der Waals surface area (Å²) >= 11 is 0. The maximum absolute atomic E-state index is 10.8. The van der Waals surface area contributed by atoms with Crippen molar-refractivity contribution >= 4 is 12.0 Å². The molecule has 17 heavy (non-hydrogen) atoms. The number of hydrogen-bond donors (Lipinski definition) is 1. The Labute approximate surface area is 100 Å². The molecule has 0 amide bonds. The van der Waals surface area contributed by atoms with E-state index in [1.54, 1.807) is 31.2 Å². The third kappa shape index (κ3) is 4.18. The SMILES string of the molecule is CCOC(=Cc1ccc(OCC)cc1)C(=O)O. The van der Waals surface area contributed by atoms with Crippen LogP contribution in [0.5, 0.6) is 5.75 Å². The van der Waals surface area contributed by atoms with Crippen LogP contribution in [-0.2, 0) is 9.53 Å². The number of carbonyl (C=O) groups is 1. The standard InChI is InChI=1S/C13H16O4/c1-3-16-11-7-5-10(6-8-11)9-12(13(14)15)17-4-2/h5-9H,3-4H2,1-2H3,(H,14,15). The summed E-state index contributed by atoms with van der Waals surface area (Å²) in [4.78, 5) is 10.8. The number of carboxylic acid groups (broad SMARTS) is 1. The number of carboxylic acids is 1. The molecule has 0 bridgehead atoms. The largest absolute Gasteiger partial charge is 0.494 e. The average molecular weight is 236 g/mol. The van der Waals surface area contributed by atoms with Crippen molar-refractivity contribution in [2.75, 3.05) is 13.2 Å². The van der Waals surface area contributed by atoms with Gasteiger partial charge in [0.15, 0.2) is 0 Å². The van der Waals surface area contributed by atoms with Crippen molar-refractivity contribution in [2.24, 2.45) is 0 Å². The zero-order valence-corrected chi connectivity index (χ0v) is 9.97. The number of ether oxygens (including phenoxy) is 2. The van der Waals surface area contributed by atoms with Crippen molar-refractivity contribution in [1.29, 1.82) is 0 Å². The van der Waals surface area contributed by atoms with Crippen molar-refractivity contribution in [2.45, 2.75) is 13.8 Å². The number of benzene rings is 1. The van der Waals surface area contributed by atoms with Gasteiger partial charge in [-0.15, -0.1) is 0 Å². The van der Waals surface area contributed by atoms with E-state index in [0.29, 0.717) is 13.2 Å². The maximum Gasteiger partial charge on any atom is 0.371 e. The van der Waals surface area contributed by atoms with Crippen LogP contribution in [0.2, 0.25) is 0 Å². The molecule has 4 nitrogen and oxygen atoms in total. The monoisotopic (exact) mass is 236 g/mol. The molecule has 1 aromatic carbocycles. The summed E-state index contributed by atoms with van der Waals surface area (Å²) in [5, 5.41) is 8.89. The van der Waals surface area contributed by atoms with Crippen LogP contribution in [-0.4, -0.2) is 24.3 Å². The molecule has 0 aromatic heterocycles. The fourth-order valence-electron chi connectivity index (χ4n) is 1.30. The Hall–Kier alpha value is -1.97. The van der Waals surface area contributed by atoms with Gasteiger partial charge in [0, 0.05) is 0 Å². The molecule has 0 fully saturated rings. The molecular weight excluding hydrogens is 220 g/mol. The van der Waals surface area contributed by atoms with E-state index in [1.807, 2.05) is 6.92 Å². The summed E-state index contributed by atoms with van der Waals surface area (Å²) in [5.41, 5.74) is 0.763. The van der Waals surface area contributed by atoms with Crippen molar-refractivity contribution in [1.82, 2.24) is 0 Å². The molecule has 0 heterocycles. The quantitative estimate of drug-likeness (QED) is 0.609. The zero-order valence-electron chi connectivity index (χ0n) is 9.97. The highest BCUT2D eigenvalue weighted by Gasteiger charge is 2.07. The fraction of sp³-hybridized carbons (Fsp3) is 0.308. The Bertz CT molecular complexity index is 392. The topological polar surface area (TPSA) is 55.8 Å². The van der Waals surface area contributed by atoms with Crippen LogP contribution in [0, 0.1) is 0 Å². The van der Waals surface area contributed by atoms with Gasteiger partial charge in [-0.25, -0.2) is 4.79 Å². The molecule has 0 atom stereocenters. The Morgan fingerprint density at radius 3 is 2.35 bits per heavy atom. The second-order valence-electron chi connectivity index (χ2n) is 3.25. The third-order valence-electron chi connectivity index (χ3n) is 2.00. The molecule has 0 saturated carbocycles. The molecule has 4 heteroatoms. The first-order valence-corrected chi connectivity index (χ1v) is 5.48. The Kier molecular flexibility index (Phi) is 5.07. The van der Waals surface area contributed by atoms with Crippen LogP contribution in [0.3, 0.4) is 0 Å². The molecule has 1 rings (SSSR count). The fourth-order valence-corrected chi connectivity index (χ4v) is 1.30. The van der Waals surface area contributed by atoms with Gasteiger partial charge in [-0.2, -0.15) is 0 Å². The highest BCUT2D eigenvalue weighted by molar-refractivity contribution is 5.89. The predicted octanol–water partition coefficient (Wildman–Crippen LogP) is 2.55. The van der Waals surface area contributed by atoms with E-state index in [1.165, 1.54) is 6.08 Å². The molecule has 0 spiro atoms. The van der Waals surface area contributed by atoms with Crippen LogP contribution in [0.15, 0.2) is 30.0 Å². The molecule has 0 aliphatic rings. The van der Waals surface area contributed by atoms with Crippen molar-refractivity contribution in [3.63, 3.8) is 0 Å². The molecule has 0 unspecified atom stereocenters. The highest BCUT2D eigenvalue weighted by Crippen LogP contribution is 2.15. The third-order valence-corrected chi connectivity index (χ3v) is 2.00. The van der Waals surface area contributed by atoms with Crippen LogP contribution in [0.25, 0.3) is 6.08 Å². The van der Waals surface area contributed by atoms with Crippen molar-refractivity contribution in [3.05, 3.63) is 35.6 Å². The van der Waals surface area contributed by atoms with E-state index in [2.05, 4.69) is 0 Å².